The van der Waals surface area contributed by atoms with E-state index in [1.165, 1.54) is 49.9 Å². The second kappa shape index (κ2) is 3.37. The Morgan fingerprint density at radius 3 is 2.57 bits per heavy atom. The minimum absolute atomic E-state index is 0.371. The van der Waals surface area contributed by atoms with Crippen molar-refractivity contribution in [1.29, 1.82) is 0 Å². The monoisotopic (exact) mass is 270 g/mol. The van der Waals surface area contributed by atoms with Crippen molar-refractivity contribution in [2.75, 3.05) is 0 Å². The highest BCUT2D eigenvalue weighted by Gasteiger charge is 2.44. The molecule has 4 aromatic carbocycles. The summed E-state index contributed by atoms with van der Waals surface area (Å²) in [5, 5.41) is 8.38. The summed E-state index contributed by atoms with van der Waals surface area (Å²) >= 11 is 0. The van der Waals surface area contributed by atoms with Crippen molar-refractivity contribution < 1.29 is 4.74 Å². The maximum atomic E-state index is 5.83. The molecule has 1 aliphatic carbocycles. The summed E-state index contributed by atoms with van der Waals surface area (Å²) in [6, 6.07) is 18.1. The third kappa shape index (κ3) is 1.22. The number of aryl methyl sites for hydroxylation is 1. The molecule has 0 radical (unpaired) electrons. The molecular weight excluding hydrogens is 256 g/mol. The second-order valence-corrected chi connectivity index (χ2v) is 6.43. The zero-order valence-electron chi connectivity index (χ0n) is 11.6. The molecule has 0 aromatic heterocycles. The lowest BCUT2D eigenvalue weighted by Gasteiger charge is -2.19. The molecular formula is C20H14O. The number of hydrogen-bond donors (Lipinski definition) is 0. The van der Waals surface area contributed by atoms with E-state index >= 15 is 0 Å². The summed E-state index contributed by atoms with van der Waals surface area (Å²) in [5.74, 6) is 0. The van der Waals surface area contributed by atoms with Crippen molar-refractivity contribution in [3.8, 4) is 0 Å². The van der Waals surface area contributed by atoms with Gasteiger partial charge >= 0.3 is 0 Å². The Balaban J connectivity index is 1.90. The molecule has 0 bridgehead atoms. The van der Waals surface area contributed by atoms with Gasteiger partial charge in [0.05, 0.1) is 6.10 Å². The van der Waals surface area contributed by atoms with E-state index in [0.29, 0.717) is 12.2 Å². The average molecular weight is 270 g/mol. The van der Waals surface area contributed by atoms with Crippen molar-refractivity contribution in [3.63, 3.8) is 0 Å². The van der Waals surface area contributed by atoms with Crippen LogP contribution in [-0.2, 0) is 11.2 Å². The summed E-state index contributed by atoms with van der Waals surface area (Å²) in [7, 11) is 0. The van der Waals surface area contributed by atoms with Gasteiger partial charge in [-0.05, 0) is 62.4 Å². The summed E-state index contributed by atoms with van der Waals surface area (Å²) in [4.78, 5) is 0. The Labute approximate surface area is 122 Å². The van der Waals surface area contributed by atoms with E-state index < -0.39 is 0 Å². The molecule has 2 aliphatic rings. The summed E-state index contributed by atoms with van der Waals surface area (Å²) < 4.78 is 5.83. The predicted molar refractivity (Wildman–Crippen MR) is 86.1 cm³/mol. The standard InChI is InChI=1S/C20H14O/c1-2-11-4-5-13-10-16-14(8-9-17-20(16)21-17)15-7-6-12(3-1)18(11)19(13)15/h1-7,10,17,20H,8-9H2/t17-,20+/m1/s1. The van der Waals surface area contributed by atoms with Crippen LogP contribution < -0.4 is 0 Å². The van der Waals surface area contributed by atoms with Crippen LogP contribution in [0.15, 0.2) is 48.5 Å². The van der Waals surface area contributed by atoms with Crippen molar-refractivity contribution in [3.05, 3.63) is 59.7 Å². The first-order valence-electron chi connectivity index (χ1n) is 7.75. The SMILES string of the molecule is c1cc2ccc3cc4c(c5ccc(c1)c2c35)CC[C@H]1O[C@@H]41. The smallest absolute Gasteiger partial charge is 0.109 e. The van der Waals surface area contributed by atoms with Gasteiger partial charge in [-0.25, -0.2) is 0 Å². The third-order valence-electron chi connectivity index (χ3n) is 5.36. The van der Waals surface area contributed by atoms with Gasteiger partial charge in [0.15, 0.2) is 0 Å². The zero-order chi connectivity index (χ0) is 13.6. The van der Waals surface area contributed by atoms with E-state index in [1.807, 2.05) is 0 Å². The molecule has 0 N–H and O–H groups in total. The van der Waals surface area contributed by atoms with E-state index in [2.05, 4.69) is 48.5 Å². The minimum Gasteiger partial charge on any atom is -0.364 e. The van der Waals surface area contributed by atoms with Crippen molar-refractivity contribution >= 4 is 32.3 Å². The number of fused-ring (bicyclic) bond motifs is 4. The van der Waals surface area contributed by atoms with Gasteiger partial charge in [0.1, 0.15) is 6.10 Å². The van der Waals surface area contributed by atoms with Crippen LogP contribution in [0.4, 0.5) is 0 Å². The molecule has 1 saturated heterocycles. The molecule has 0 amide bonds. The van der Waals surface area contributed by atoms with Crippen LogP contribution >= 0.6 is 0 Å². The van der Waals surface area contributed by atoms with Gasteiger partial charge in [0.2, 0.25) is 0 Å². The Kier molecular flexibility index (Phi) is 1.70. The van der Waals surface area contributed by atoms with Gasteiger partial charge in [-0.15, -0.1) is 0 Å². The van der Waals surface area contributed by atoms with Crippen LogP contribution in [0.3, 0.4) is 0 Å². The first-order chi connectivity index (χ1) is 10.4. The van der Waals surface area contributed by atoms with Crippen LogP contribution in [-0.4, -0.2) is 6.10 Å². The van der Waals surface area contributed by atoms with Crippen LogP contribution in [0.2, 0.25) is 0 Å². The third-order valence-corrected chi connectivity index (χ3v) is 5.36. The molecule has 6 rings (SSSR count). The Morgan fingerprint density at radius 2 is 1.67 bits per heavy atom. The summed E-state index contributed by atoms with van der Waals surface area (Å²) in [6.45, 7) is 0. The second-order valence-electron chi connectivity index (χ2n) is 6.43. The first-order valence-corrected chi connectivity index (χ1v) is 7.75. The van der Waals surface area contributed by atoms with Crippen molar-refractivity contribution in [2.24, 2.45) is 0 Å². The van der Waals surface area contributed by atoms with Crippen LogP contribution in [0, 0.1) is 0 Å². The largest absolute Gasteiger partial charge is 0.364 e. The zero-order valence-corrected chi connectivity index (χ0v) is 11.6. The molecule has 1 heterocycles. The van der Waals surface area contributed by atoms with Gasteiger partial charge in [-0.2, -0.15) is 0 Å². The lowest BCUT2D eigenvalue weighted by Crippen LogP contribution is -2.05. The Bertz CT molecular complexity index is 1010. The van der Waals surface area contributed by atoms with Gasteiger partial charge in [0.25, 0.3) is 0 Å². The lowest BCUT2D eigenvalue weighted by atomic mass is 9.84. The van der Waals surface area contributed by atoms with Crippen LogP contribution in [0.25, 0.3) is 32.3 Å². The number of hydrogen-bond acceptors (Lipinski definition) is 1. The highest BCUT2D eigenvalue weighted by molar-refractivity contribution is 6.23. The Hall–Kier alpha value is -2.12. The Morgan fingerprint density at radius 1 is 0.857 bits per heavy atom. The molecule has 0 saturated carbocycles. The predicted octanol–water partition coefficient (Wildman–Crippen LogP) is 4.97. The van der Waals surface area contributed by atoms with Gasteiger partial charge < -0.3 is 4.74 Å². The molecule has 0 unspecified atom stereocenters. The van der Waals surface area contributed by atoms with Gasteiger partial charge in [-0.3, -0.25) is 0 Å². The highest BCUT2D eigenvalue weighted by atomic mass is 16.6. The minimum atomic E-state index is 0.371. The fourth-order valence-electron chi connectivity index (χ4n) is 4.35. The molecule has 21 heavy (non-hydrogen) atoms. The maximum Gasteiger partial charge on any atom is 0.109 e. The molecule has 1 nitrogen and oxygen atoms in total. The topological polar surface area (TPSA) is 12.5 Å². The lowest BCUT2D eigenvalue weighted by molar-refractivity contribution is 0.373. The molecule has 1 heteroatoms. The van der Waals surface area contributed by atoms with Gasteiger partial charge in [-0.1, -0.05) is 42.5 Å². The van der Waals surface area contributed by atoms with E-state index in [9.17, 15) is 0 Å². The number of benzene rings is 4. The van der Waals surface area contributed by atoms with E-state index in [1.54, 1.807) is 0 Å². The molecule has 2 atom stereocenters. The summed E-state index contributed by atoms with van der Waals surface area (Å²) in [5.41, 5.74) is 2.97. The maximum absolute atomic E-state index is 5.83. The number of rotatable bonds is 0. The average Bonchev–Trinajstić information content (AvgIpc) is 3.32. The molecule has 4 aromatic rings. The fraction of sp³-hybridized carbons (Fsp3) is 0.200. The normalized spacial score (nSPS) is 23.6. The van der Waals surface area contributed by atoms with E-state index in [-0.39, 0.29) is 0 Å². The number of epoxide rings is 1. The molecule has 1 aliphatic heterocycles. The first kappa shape index (κ1) is 10.6. The quantitative estimate of drug-likeness (QED) is 0.324. The molecule has 100 valence electrons. The number of ether oxygens (including phenoxy) is 1. The fourth-order valence-corrected chi connectivity index (χ4v) is 4.35. The van der Waals surface area contributed by atoms with Crippen molar-refractivity contribution in [2.45, 2.75) is 25.0 Å². The highest BCUT2D eigenvalue weighted by Crippen LogP contribution is 2.50. The van der Waals surface area contributed by atoms with Crippen LogP contribution in [0.5, 0.6) is 0 Å². The molecule has 1 fully saturated rings. The summed E-state index contributed by atoms with van der Waals surface area (Å²) in [6.07, 6.45) is 3.20. The van der Waals surface area contributed by atoms with Crippen molar-refractivity contribution in [1.82, 2.24) is 0 Å². The van der Waals surface area contributed by atoms with Crippen LogP contribution in [0.1, 0.15) is 23.7 Å². The molecule has 0 spiro atoms. The van der Waals surface area contributed by atoms with E-state index in [0.717, 1.165) is 6.42 Å². The van der Waals surface area contributed by atoms with E-state index in [4.69, 9.17) is 4.74 Å². The van der Waals surface area contributed by atoms with Gasteiger partial charge in [0, 0.05) is 0 Å².